The van der Waals surface area contributed by atoms with E-state index in [2.05, 4.69) is 16.8 Å². The molecule has 1 heterocycles. The average molecular weight is 193 g/mol. The van der Waals surface area contributed by atoms with Crippen LogP contribution in [0.2, 0.25) is 5.15 Å². The highest BCUT2D eigenvalue weighted by molar-refractivity contribution is 6.30. The molecule has 4 heteroatoms. The summed E-state index contributed by atoms with van der Waals surface area (Å²) in [5.41, 5.74) is 0.849. The maximum absolute atomic E-state index is 8.60. The maximum atomic E-state index is 8.60. The Morgan fingerprint density at radius 3 is 3.00 bits per heavy atom. The summed E-state index contributed by atoms with van der Waals surface area (Å²) in [4.78, 5) is 3.76. The molecule has 0 aromatic carbocycles. The fourth-order valence-electron chi connectivity index (χ4n) is 0.736. The molecule has 0 saturated heterocycles. The van der Waals surface area contributed by atoms with Gasteiger partial charge in [-0.05, 0) is 6.07 Å². The van der Waals surface area contributed by atoms with Crippen molar-refractivity contribution in [3.05, 3.63) is 28.5 Å². The number of aliphatic hydroxyl groups excluding tert-OH is 1. The SMILES string of the molecule is N#Cc1cc(C#CCO)cnc1Cl. The minimum atomic E-state index is -0.218. The van der Waals surface area contributed by atoms with Crippen molar-refractivity contribution in [1.82, 2.24) is 4.98 Å². The molecular formula is C9H5ClN2O. The molecule has 0 saturated carbocycles. The van der Waals surface area contributed by atoms with Crippen LogP contribution in [0.15, 0.2) is 12.3 Å². The Morgan fingerprint density at radius 2 is 2.38 bits per heavy atom. The van der Waals surface area contributed by atoms with Crippen molar-refractivity contribution in [2.75, 3.05) is 6.61 Å². The van der Waals surface area contributed by atoms with E-state index >= 15 is 0 Å². The highest BCUT2D eigenvalue weighted by atomic mass is 35.5. The summed E-state index contributed by atoms with van der Waals surface area (Å²) in [5, 5.41) is 17.2. The fraction of sp³-hybridized carbons (Fsp3) is 0.111. The third-order valence-electron chi connectivity index (χ3n) is 1.27. The first-order chi connectivity index (χ1) is 6.27. The number of hydrogen-bond acceptors (Lipinski definition) is 3. The van der Waals surface area contributed by atoms with Gasteiger partial charge in [-0.3, -0.25) is 0 Å². The minimum Gasteiger partial charge on any atom is -0.384 e. The van der Waals surface area contributed by atoms with Crippen molar-refractivity contribution >= 4 is 11.6 Å². The number of halogens is 1. The minimum absolute atomic E-state index is 0.164. The van der Waals surface area contributed by atoms with E-state index in [1.807, 2.05) is 6.07 Å². The Hall–Kier alpha value is -1.55. The van der Waals surface area contributed by atoms with Crippen molar-refractivity contribution < 1.29 is 5.11 Å². The molecule has 0 atom stereocenters. The number of nitrogens with zero attached hydrogens (tertiary/aromatic N) is 2. The van der Waals surface area contributed by atoms with Gasteiger partial charge in [0.2, 0.25) is 0 Å². The molecule has 64 valence electrons. The topological polar surface area (TPSA) is 56.9 Å². The van der Waals surface area contributed by atoms with E-state index in [4.69, 9.17) is 22.0 Å². The van der Waals surface area contributed by atoms with Gasteiger partial charge in [0.15, 0.2) is 0 Å². The predicted octanol–water partition coefficient (Wildman–Crippen LogP) is 0.950. The molecule has 13 heavy (non-hydrogen) atoms. The van der Waals surface area contributed by atoms with Crippen LogP contribution in [0.1, 0.15) is 11.1 Å². The monoisotopic (exact) mass is 192 g/mol. The van der Waals surface area contributed by atoms with Gasteiger partial charge in [0, 0.05) is 11.8 Å². The first-order valence-corrected chi connectivity index (χ1v) is 3.81. The van der Waals surface area contributed by atoms with Crippen LogP contribution in [-0.2, 0) is 0 Å². The molecule has 0 aliphatic carbocycles. The zero-order chi connectivity index (χ0) is 9.68. The Morgan fingerprint density at radius 1 is 1.62 bits per heavy atom. The zero-order valence-electron chi connectivity index (χ0n) is 6.58. The van der Waals surface area contributed by atoms with E-state index in [-0.39, 0.29) is 17.3 Å². The highest BCUT2D eigenvalue weighted by Crippen LogP contribution is 2.11. The van der Waals surface area contributed by atoms with Crippen LogP contribution in [0.5, 0.6) is 0 Å². The molecule has 0 aliphatic heterocycles. The summed E-state index contributed by atoms with van der Waals surface area (Å²) < 4.78 is 0. The average Bonchev–Trinajstić information content (AvgIpc) is 2.16. The van der Waals surface area contributed by atoms with E-state index in [9.17, 15) is 0 Å². The lowest BCUT2D eigenvalue weighted by Crippen LogP contribution is -1.85. The maximum Gasteiger partial charge on any atom is 0.146 e. The van der Waals surface area contributed by atoms with Gasteiger partial charge in [-0.2, -0.15) is 5.26 Å². The van der Waals surface area contributed by atoms with Crippen LogP contribution in [-0.4, -0.2) is 16.7 Å². The second-order valence-corrected chi connectivity index (χ2v) is 2.49. The second-order valence-electron chi connectivity index (χ2n) is 2.13. The van der Waals surface area contributed by atoms with Gasteiger partial charge in [-0.15, -0.1) is 0 Å². The van der Waals surface area contributed by atoms with E-state index in [1.165, 1.54) is 12.3 Å². The summed E-state index contributed by atoms with van der Waals surface area (Å²) >= 11 is 5.60. The van der Waals surface area contributed by atoms with Crippen molar-refractivity contribution in [3.8, 4) is 17.9 Å². The molecule has 0 unspecified atom stereocenters. The molecule has 1 aromatic heterocycles. The molecule has 0 fully saturated rings. The number of nitriles is 1. The fourth-order valence-corrected chi connectivity index (χ4v) is 0.882. The van der Waals surface area contributed by atoms with Crippen LogP contribution < -0.4 is 0 Å². The molecule has 1 N–H and O–H groups in total. The summed E-state index contributed by atoms with van der Waals surface area (Å²) in [5.74, 6) is 5.07. The molecule has 0 amide bonds. The molecule has 1 rings (SSSR count). The Kier molecular flexibility index (Phi) is 3.28. The molecule has 0 radical (unpaired) electrons. The van der Waals surface area contributed by atoms with Gasteiger partial charge in [-0.1, -0.05) is 23.4 Å². The number of aliphatic hydroxyl groups is 1. The quantitative estimate of drug-likeness (QED) is 0.492. The first kappa shape index (κ1) is 9.54. The Labute approximate surface area is 80.6 Å². The lowest BCUT2D eigenvalue weighted by molar-refractivity contribution is 0.350. The van der Waals surface area contributed by atoms with E-state index < -0.39 is 0 Å². The van der Waals surface area contributed by atoms with Gasteiger partial charge in [-0.25, -0.2) is 4.98 Å². The highest BCUT2D eigenvalue weighted by Gasteiger charge is 1.99. The number of pyridine rings is 1. The molecule has 3 nitrogen and oxygen atoms in total. The molecule has 0 spiro atoms. The zero-order valence-corrected chi connectivity index (χ0v) is 7.34. The number of hydrogen-bond donors (Lipinski definition) is 1. The predicted molar refractivity (Wildman–Crippen MR) is 47.9 cm³/mol. The van der Waals surface area contributed by atoms with Crippen LogP contribution >= 0.6 is 11.6 Å². The second kappa shape index (κ2) is 4.47. The molecule has 0 aliphatic rings. The molecule has 0 bridgehead atoms. The van der Waals surface area contributed by atoms with Crippen LogP contribution in [0.4, 0.5) is 0 Å². The Bertz CT molecular complexity index is 412. The molecule has 1 aromatic rings. The van der Waals surface area contributed by atoms with Crippen LogP contribution in [0.3, 0.4) is 0 Å². The lowest BCUT2D eigenvalue weighted by atomic mass is 10.2. The smallest absolute Gasteiger partial charge is 0.146 e. The third kappa shape index (κ3) is 2.45. The van der Waals surface area contributed by atoms with Crippen LogP contribution in [0.25, 0.3) is 0 Å². The number of aromatic nitrogens is 1. The number of rotatable bonds is 0. The largest absolute Gasteiger partial charge is 0.384 e. The van der Waals surface area contributed by atoms with Crippen molar-refractivity contribution in [1.29, 1.82) is 5.26 Å². The van der Waals surface area contributed by atoms with Crippen molar-refractivity contribution in [3.63, 3.8) is 0 Å². The van der Waals surface area contributed by atoms with Gasteiger partial charge in [0.25, 0.3) is 0 Å². The summed E-state index contributed by atoms with van der Waals surface area (Å²) in [7, 11) is 0. The van der Waals surface area contributed by atoms with Gasteiger partial charge in [0.1, 0.15) is 17.8 Å². The van der Waals surface area contributed by atoms with Gasteiger partial charge in [0.05, 0.1) is 5.56 Å². The molecular weight excluding hydrogens is 188 g/mol. The summed E-state index contributed by atoms with van der Waals surface area (Å²) in [6.45, 7) is -0.218. The van der Waals surface area contributed by atoms with E-state index in [0.29, 0.717) is 5.56 Å². The summed E-state index contributed by atoms with van der Waals surface area (Å²) in [6, 6.07) is 3.41. The van der Waals surface area contributed by atoms with Crippen molar-refractivity contribution in [2.45, 2.75) is 0 Å². The third-order valence-corrected chi connectivity index (χ3v) is 1.57. The van der Waals surface area contributed by atoms with E-state index in [1.54, 1.807) is 0 Å². The summed E-state index contributed by atoms with van der Waals surface area (Å²) in [6.07, 6.45) is 1.45. The normalized spacial score (nSPS) is 8.38. The Balaban J connectivity index is 3.08. The van der Waals surface area contributed by atoms with Gasteiger partial charge < -0.3 is 5.11 Å². The lowest BCUT2D eigenvalue weighted by Gasteiger charge is -1.93. The standard InChI is InChI=1S/C9H5ClN2O/c10-9-8(5-11)4-7(6-12-9)2-1-3-13/h4,6,13H,3H2. The van der Waals surface area contributed by atoms with Gasteiger partial charge >= 0.3 is 0 Å². The first-order valence-electron chi connectivity index (χ1n) is 3.43. The van der Waals surface area contributed by atoms with E-state index in [0.717, 1.165) is 0 Å². The van der Waals surface area contributed by atoms with Crippen molar-refractivity contribution in [2.24, 2.45) is 0 Å². The van der Waals surface area contributed by atoms with Crippen LogP contribution in [0, 0.1) is 23.2 Å².